The third kappa shape index (κ3) is 4.42. The normalized spacial score (nSPS) is 14.2. The van der Waals surface area contributed by atoms with Crippen LogP contribution in [0.1, 0.15) is 62.4 Å². The Morgan fingerprint density at radius 2 is 1.97 bits per heavy atom. The van der Waals surface area contributed by atoms with E-state index in [1.54, 1.807) is 13.8 Å². The Bertz CT molecular complexity index is 1520. The van der Waals surface area contributed by atoms with Crippen LogP contribution in [-0.4, -0.2) is 33.7 Å². The Hall–Kier alpha value is -3.16. The molecule has 1 aliphatic rings. The summed E-state index contributed by atoms with van der Waals surface area (Å²) in [5.74, 6) is 0.816. The molecular formula is C29H30N2O4S. The van der Waals surface area contributed by atoms with Gasteiger partial charge in [0.15, 0.2) is 5.78 Å². The number of benzene rings is 2. The summed E-state index contributed by atoms with van der Waals surface area (Å²) >= 11 is 1.50. The smallest absolute Gasteiger partial charge is 0.163 e. The van der Waals surface area contributed by atoms with Gasteiger partial charge in [0.25, 0.3) is 0 Å². The van der Waals surface area contributed by atoms with Crippen molar-refractivity contribution in [3.63, 3.8) is 0 Å². The van der Waals surface area contributed by atoms with Crippen molar-refractivity contribution in [2.75, 3.05) is 6.61 Å². The van der Waals surface area contributed by atoms with Gasteiger partial charge in [0.1, 0.15) is 22.6 Å². The molecule has 36 heavy (non-hydrogen) atoms. The number of carbonyl (C=O) groups is 2. The molecule has 5 rings (SSSR count). The first kappa shape index (κ1) is 24.5. The van der Waals surface area contributed by atoms with Crippen molar-refractivity contribution in [2.45, 2.75) is 66.1 Å². The zero-order valence-corrected chi connectivity index (χ0v) is 22.3. The van der Waals surface area contributed by atoms with Crippen LogP contribution in [-0.2, 0) is 27.2 Å². The average Bonchev–Trinajstić information content (AvgIpc) is 3.18. The van der Waals surface area contributed by atoms with Crippen molar-refractivity contribution < 1.29 is 19.1 Å². The summed E-state index contributed by atoms with van der Waals surface area (Å²) in [6, 6.07) is 8.06. The molecule has 3 heterocycles. The minimum atomic E-state index is -0.759. The molecule has 0 radical (unpaired) electrons. The van der Waals surface area contributed by atoms with E-state index in [1.807, 2.05) is 58.2 Å². The van der Waals surface area contributed by atoms with Crippen LogP contribution >= 0.6 is 11.3 Å². The van der Waals surface area contributed by atoms with Crippen LogP contribution < -0.4 is 4.74 Å². The molecule has 186 valence electrons. The average molecular weight is 503 g/mol. The predicted octanol–water partition coefficient (Wildman–Crippen LogP) is 6.33. The first-order chi connectivity index (χ1) is 17.0. The molecule has 0 saturated carbocycles. The number of rotatable bonds is 6. The second-order valence-corrected chi connectivity index (χ2v) is 11.5. The molecule has 6 nitrogen and oxygen atoms in total. The van der Waals surface area contributed by atoms with Gasteiger partial charge >= 0.3 is 0 Å². The molecule has 7 heteroatoms. The fourth-order valence-electron chi connectivity index (χ4n) is 4.95. The van der Waals surface area contributed by atoms with Crippen LogP contribution in [0.3, 0.4) is 0 Å². The third-order valence-electron chi connectivity index (χ3n) is 6.31. The number of aryl methyl sites for hydroxylation is 1. The molecule has 0 bridgehead atoms. The summed E-state index contributed by atoms with van der Waals surface area (Å²) < 4.78 is 13.3. The number of ketones is 2. The molecule has 0 N–H and O–H groups in total. The zero-order valence-electron chi connectivity index (χ0n) is 21.5. The number of carbonyl (C=O) groups excluding carboxylic acids is 2. The van der Waals surface area contributed by atoms with Gasteiger partial charge in [-0.15, -0.1) is 11.3 Å². The Kier molecular flexibility index (Phi) is 6.17. The lowest BCUT2D eigenvalue weighted by Crippen LogP contribution is -2.27. The maximum atomic E-state index is 13.1. The van der Waals surface area contributed by atoms with Crippen molar-refractivity contribution in [1.82, 2.24) is 9.97 Å². The van der Waals surface area contributed by atoms with E-state index in [2.05, 4.69) is 0 Å². The summed E-state index contributed by atoms with van der Waals surface area (Å²) in [5.41, 5.74) is 5.84. The molecule has 2 aromatic carbocycles. The lowest BCUT2D eigenvalue weighted by atomic mass is 9.88. The fraction of sp³-hybridized carbons (Fsp3) is 0.379. The van der Waals surface area contributed by atoms with Crippen LogP contribution in [0.25, 0.3) is 32.2 Å². The topological polar surface area (TPSA) is 78.4 Å². The SMILES string of the molecule is CC(=O)Cc1nc2cc(C)c([C@H](OC(C)(C)C)C(C)=O)c(-c3ccc4c5c(ccnc35)CCO4)c2s1. The lowest BCUT2D eigenvalue weighted by molar-refractivity contribution is -0.138. The molecule has 0 saturated heterocycles. The van der Waals surface area contributed by atoms with E-state index in [1.165, 1.54) is 16.9 Å². The lowest BCUT2D eigenvalue weighted by Gasteiger charge is -2.29. The van der Waals surface area contributed by atoms with E-state index in [-0.39, 0.29) is 18.0 Å². The highest BCUT2D eigenvalue weighted by atomic mass is 32.1. The fourth-order valence-corrected chi connectivity index (χ4v) is 6.14. The van der Waals surface area contributed by atoms with Gasteiger partial charge in [0.2, 0.25) is 0 Å². The van der Waals surface area contributed by atoms with Crippen LogP contribution in [0.15, 0.2) is 30.5 Å². The molecule has 4 aromatic rings. The number of Topliss-reactive ketones (excluding diaryl/α,β-unsaturated/α-hetero) is 2. The maximum Gasteiger partial charge on any atom is 0.163 e. The second-order valence-electron chi connectivity index (χ2n) is 10.4. The molecule has 0 amide bonds. The number of pyridine rings is 1. The highest BCUT2D eigenvalue weighted by molar-refractivity contribution is 7.19. The summed E-state index contributed by atoms with van der Waals surface area (Å²) in [7, 11) is 0. The summed E-state index contributed by atoms with van der Waals surface area (Å²) in [6.45, 7) is 11.6. The van der Waals surface area contributed by atoms with Crippen molar-refractivity contribution in [2.24, 2.45) is 0 Å². The van der Waals surface area contributed by atoms with Crippen LogP contribution in [0, 0.1) is 6.92 Å². The first-order valence-corrected chi connectivity index (χ1v) is 13.0. The molecule has 0 spiro atoms. The van der Waals surface area contributed by atoms with Gasteiger partial charge in [-0.3, -0.25) is 14.6 Å². The largest absolute Gasteiger partial charge is 0.493 e. The van der Waals surface area contributed by atoms with Gasteiger partial charge in [0, 0.05) is 34.7 Å². The summed E-state index contributed by atoms with van der Waals surface area (Å²) in [4.78, 5) is 34.5. The summed E-state index contributed by atoms with van der Waals surface area (Å²) in [5, 5.41) is 1.76. The number of aromatic nitrogens is 2. The number of ether oxygens (including phenoxy) is 2. The molecule has 0 fully saturated rings. The van der Waals surface area contributed by atoms with Gasteiger partial charge < -0.3 is 9.47 Å². The Morgan fingerprint density at radius 3 is 2.67 bits per heavy atom. The van der Waals surface area contributed by atoms with E-state index in [0.29, 0.717) is 6.61 Å². The minimum absolute atomic E-state index is 0.0608. The van der Waals surface area contributed by atoms with Crippen molar-refractivity contribution >= 4 is 44.0 Å². The van der Waals surface area contributed by atoms with Gasteiger partial charge in [-0.2, -0.15) is 0 Å². The minimum Gasteiger partial charge on any atom is -0.493 e. The Balaban J connectivity index is 1.89. The number of hydrogen-bond donors (Lipinski definition) is 0. The van der Waals surface area contributed by atoms with Gasteiger partial charge in [-0.25, -0.2) is 4.98 Å². The standard InChI is InChI=1S/C29H30N2O4S/c1-15-13-20-28(36-22(31-20)14-16(2)32)25(23(15)27(17(3)33)35-29(4,5)6)19-7-8-21-24-18(10-12-34-21)9-11-30-26(19)24/h7-9,11,13,27H,10,12,14H2,1-6H3/t27-/m1/s1. The maximum absolute atomic E-state index is 13.1. The third-order valence-corrected chi connectivity index (χ3v) is 7.40. The monoisotopic (exact) mass is 502 g/mol. The van der Waals surface area contributed by atoms with Gasteiger partial charge in [0.05, 0.1) is 34.4 Å². The van der Waals surface area contributed by atoms with Crippen molar-refractivity contribution in [3.8, 4) is 16.9 Å². The van der Waals surface area contributed by atoms with Crippen LogP contribution in [0.2, 0.25) is 0 Å². The Labute approximate surface area is 214 Å². The van der Waals surface area contributed by atoms with E-state index >= 15 is 0 Å². The van der Waals surface area contributed by atoms with Crippen LogP contribution in [0.5, 0.6) is 5.75 Å². The zero-order chi connectivity index (χ0) is 25.8. The van der Waals surface area contributed by atoms with E-state index in [0.717, 1.165) is 60.6 Å². The summed E-state index contributed by atoms with van der Waals surface area (Å²) in [6.07, 6.45) is 2.17. The molecule has 0 aliphatic carbocycles. The predicted molar refractivity (Wildman–Crippen MR) is 143 cm³/mol. The quantitative estimate of drug-likeness (QED) is 0.306. The number of hydrogen-bond acceptors (Lipinski definition) is 7. The highest BCUT2D eigenvalue weighted by Crippen LogP contribution is 2.46. The number of thiazole rings is 1. The number of nitrogens with zero attached hydrogens (tertiary/aromatic N) is 2. The van der Waals surface area contributed by atoms with Gasteiger partial charge in [-0.1, -0.05) is 0 Å². The second kappa shape index (κ2) is 9.05. The van der Waals surface area contributed by atoms with E-state index in [4.69, 9.17) is 19.4 Å². The van der Waals surface area contributed by atoms with Crippen molar-refractivity contribution in [3.05, 3.63) is 52.2 Å². The first-order valence-electron chi connectivity index (χ1n) is 12.2. The van der Waals surface area contributed by atoms with Crippen LogP contribution in [0.4, 0.5) is 0 Å². The van der Waals surface area contributed by atoms with E-state index < -0.39 is 11.7 Å². The molecule has 0 unspecified atom stereocenters. The Morgan fingerprint density at radius 1 is 1.19 bits per heavy atom. The van der Waals surface area contributed by atoms with E-state index in [9.17, 15) is 9.59 Å². The molecule has 1 atom stereocenters. The van der Waals surface area contributed by atoms with Crippen molar-refractivity contribution in [1.29, 1.82) is 0 Å². The molecule has 2 aromatic heterocycles. The highest BCUT2D eigenvalue weighted by Gasteiger charge is 2.31. The molecule has 1 aliphatic heterocycles. The molecular weight excluding hydrogens is 472 g/mol. The number of fused-ring (bicyclic) bond motifs is 1. The van der Waals surface area contributed by atoms with Gasteiger partial charge in [-0.05, 0) is 76.9 Å².